The van der Waals surface area contributed by atoms with Crippen molar-refractivity contribution in [2.45, 2.75) is 6.92 Å². The van der Waals surface area contributed by atoms with Gasteiger partial charge in [0.2, 0.25) is 10.9 Å². The zero-order valence-corrected chi connectivity index (χ0v) is 21.6. The fraction of sp³-hybridized carbons (Fsp3) is 0.154. The molecule has 8 nitrogen and oxygen atoms in total. The lowest BCUT2D eigenvalue weighted by Crippen LogP contribution is -2.25. The van der Waals surface area contributed by atoms with Crippen LogP contribution in [0.3, 0.4) is 0 Å². The second kappa shape index (κ2) is 9.92. The average molecular weight is 519 g/mol. The molecule has 0 saturated carbocycles. The van der Waals surface area contributed by atoms with Crippen molar-refractivity contribution in [2.24, 2.45) is 5.10 Å². The highest BCUT2D eigenvalue weighted by molar-refractivity contribution is 7.23. The number of para-hydroxylation sites is 1. The van der Waals surface area contributed by atoms with Gasteiger partial charge in [-0.3, -0.25) is 4.79 Å². The van der Waals surface area contributed by atoms with Gasteiger partial charge in [-0.2, -0.15) is 10.1 Å². The van der Waals surface area contributed by atoms with Crippen molar-refractivity contribution < 1.29 is 19.0 Å². The number of aryl methyl sites for hydroxylation is 1. The molecule has 0 fully saturated rings. The normalized spacial score (nSPS) is 11.3. The first-order chi connectivity index (χ1) is 17.5. The largest absolute Gasteiger partial charge is 0.493 e. The molecule has 0 N–H and O–H groups in total. The molecule has 182 valence electrons. The molecule has 2 heterocycles. The number of amides is 1. The van der Waals surface area contributed by atoms with E-state index in [0.717, 1.165) is 26.0 Å². The van der Waals surface area contributed by atoms with Crippen LogP contribution in [-0.2, 0) is 0 Å². The number of hydrogen-bond acceptors (Lipinski definition) is 9. The second-order valence-corrected chi connectivity index (χ2v) is 9.81. The molecule has 0 saturated heterocycles. The zero-order valence-electron chi connectivity index (χ0n) is 20.0. The van der Waals surface area contributed by atoms with Crippen LogP contribution in [0.2, 0.25) is 0 Å². The highest BCUT2D eigenvalue weighted by atomic mass is 32.1. The Kier molecular flexibility index (Phi) is 6.53. The average Bonchev–Trinajstić information content (AvgIpc) is 3.51. The van der Waals surface area contributed by atoms with Crippen LogP contribution in [0.1, 0.15) is 20.9 Å². The van der Waals surface area contributed by atoms with Gasteiger partial charge in [0.1, 0.15) is 0 Å². The van der Waals surface area contributed by atoms with E-state index in [1.165, 1.54) is 27.7 Å². The summed E-state index contributed by atoms with van der Waals surface area (Å²) in [5.41, 5.74) is 3.33. The Morgan fingerprint density at radius 3 is 2.31 bits per heavy atom. The first-order valence-electron chi connectivity index (χ1n) is 10.9. The van der Waals surface area contributed by atoms with Crippen LogP contribution < -0.4 is 19.2 Å². The number of rotatable bonds is 7. The van der Waals surface area contributed by atoms with Crippen LogP contribution in [0.25, 0.3) is 20.4 Å². The summed E-state index contributed by atoms with van der Waals surface area (Å²) in [5.74, 6) is 1.08. The van der Waals surface area contributed by atoms with Crippen LogP contribution in [0.4, 0.5) is 5.13 Å². The minimum absolute atomic E-state index is 0.327. The number of hydrogen-bond donors (Lipinski definition) is 0. The van der Waals surface area contributed by atoms with E-state index in [9.17, 15) is 4.79 Å². The number of ether oxygens (including phenoxy) is 3. The van der Waals surface area contributed by atoms with Gasteiger partial charge < -0.3 is 14.2 Å². The lowest BCUT2D eigenvalue weighted by molar-refractivity contribution is 0.0987. The van der Waals surface area contributed by atoms with E-state index in [2.05, 4.69) is 15.1 Å². The van der Waals surface area contributed by atoms with Gasteiger partial charge in [0.15, 0.2) is 16.5 Å². The maximum Gasteiger partial charge on any atom is 0.309 e. The van der Waals surface area contributed by atoms with Gasteiger partial charge in [0, 0.05) is 5.56 Å². The number of fused-ring (bicyclic) bond motifs is 2. The van der Waals surface area contributed by atoms with Crippen molar-refractivity contribution >= 4 is 60.4 Å². The Labute approximate surface area is 215 Å². The lowest BCUT2D eigenvalue weighted by Gasteiger charge is -2.14. The molecule has 0 bridgehead atoms. The molecule has 3 aromatic carbocycles. The standard InChI is InChI=1S/C26H22N4O4S2/c1-15-9-10-18-22(11-15)36-26(29-18)30(25(31)24-28-17-7-5-6-8-21(17)35-24)27-14-16-12-19(32-2)23(34-4)20(13-16)33-3/h5-14H,1-4H3/b27-14+. The SMILES string of the molecule is COc1cc(/C=N/N(C(=O)c2nc3ccccc3s2)c2nc3ccc(C)cc3s2)cc(OC)c1OC. The van der Waals surface area contributed by atoms with Gasteiger partial charge in [0.25, 0.3) is 0 Å². The van der Waals surface area contributed by atoms with Gasteiger partial charge in [-0.1, -0.05) is 29.5 Å². The van der Waals surface area contributed by atoms with E-state index in [1.54, 1.807) is 39.7 Å². The predicted octanol–water partition coefficient (Wildman–Crippen LogP) is 5.92. The number of nitrogens with zero attached hydrogens (tertiary/aromatic N) is 4. The van der Waals surface area contributed by atoms with Crippen molar-refractivity contribution in [1.29, 1.82) is 0 Å². The Hall–Kier alpha value is -4.02. The molecule has 0 unspecified atom stereocenters. The zero-order chi connectivity index (χ0) is 25.2. The number of carbonyl (C=O) groups is 1. The number of aromatic nitrogens is 2. The van der Waals surface area contributed by atoms with Crippen molar-refractivity contribution in [2.75, 3.05) is 26.3 Å². The Morgan fingerprint density at radius 2 is 1.61 bits per heavy atom. The van der Waals surface area contributed by atoms with Crippen LogP contribution in [0.5, 0.6) is 17.2 Å². The molecule has 0 aliphatic carbocycles. The molecule has 0 spiro atoms. The van der Waals surface area contributed by atoms with Crippen molar-refractivity contribution in [1.82, 2.24) is 9.97 Å². The summed E-state index contributed by atoms with van der Waals surface area (Å²) in [6, 6.07) is 17.1. The number of benzene rings is 3. The Morgan fingerprint density at radius 1 is 0.889 bits per heavy atom. The van der Waals surface area contributed by atoms with Gasteiger partial charge in [-0.05, 0) is 48.9 Å². The minimum atomic E-state index is -0.365. The molecule has 0 atom stereocenters. The number of hydrazone groups is 1. The molecular weight excluding hydrogens is 496 g/mol. The Balaban J connectivity index is 1.59. The fourth-order valence-electron chi connectivity index (χ4n) is 3.65. The van der Waals surface area contributed by atoms with Crippen molar-refractivity contribution in [3.05, 3.63) is 70.7 Å². The molecule has 1 amide bonds. The monoisotopic (exact) mass is 518 g/mol. The molecular formula is C26H22N4O4S2. The molecule has 36 heavy (non-hydrogen) atoms. The summed E-state index contributed by atoms with van der Waals surface area (Å²) in [7, 11) is 4.63. The molecule has 0 radical (unpaired) electrons. The summed E-state index contributed by atoms with van der Waals surface area (Å²) in [6.07, 6.45) is 1.56. The molecule has 2 aromatic heterocycles. The first kappa shape index (κ1) is 23.7. The van der Waals surface area contributed by atoms with E-state index in [4.69, 9.17) is 14.2 Å². The maximum absolute atomic E-state index is 13.7. The number of anilines is 1. The van der Waals surface area contributed by atoms with Crippen LogP contribution in [0, 0.1) is 6.92 Å². The van der Waals surface area contributed by atoms with Crippen molar-refractivity contribution in [3.63, 3.8) is 0 Å². The third-order valence-electron chi connectivity index (χ3n) is 5.39. The van der Waals surface area contributed by atoms with Gasteiger partial charge >= 0.3 is 5.91 Å². The highest BCUT2D eigenvalue weighted by Crippen LogP contribution is 2.38. The number of carbonyl (C=O) groups excluding carboxylic acids is 1. The minimum Gasteiger partial charge on any atom is -0.493 e. The number of methoxy groups -OCH3 is 3. The topological polar surface area (TPSA) is 86.1 Å². The molecule has 5 aromatic rings. The van der Waals surface area contributed by atoms with E-state index >= 15 is 0 Å². The van der Waals surface area contributed by atoms with E-state index in [-0.39, 0.29) is 5.91 Å². The van der Waals surface area contributed by atoms with Gasteiger partial charge in [-0.15, -0.1) is 11.3 Å². The Bertz CT molecular complexity index is 1550. The van der Waals surface area contributed by atoms with Gasteiger partial charge in [0.05, 0.1) is 48.0 Å². The summed E-state index contributed by atoms with van der Waals surface area (Å²) >= 11 is 2.71. The third kappa shape index (κ3) is 4.48. The van der Waals surface area contributed by atoms with Crippen LogP contribution in [-0.4, -0.2) is 43.4 Å². The van der Waals surface area contributed by atoms with E-state index in [0.29, 0.717) is 33.0 Å². The fourth-order valence-corrected chi connectivity index (χ4v) is 5.56. The molecule has 0 aliphatic rings. The molecule has 10 heteroatoms. The molecule has 5 rings (SSSR count). The lowest BCUT2D eigenvalue weighted by atomic mass is 10.2. The predicted molar refractivity (Wildman–Crippen MR) is 144 cm³/mol. The second-order valence-electron chi connectivity index (χ2n) is 7.77. The summed E-state index contributed by atoms with van der Waals surface area (Å²) in [5, 5.41) is 6.62. The summed E-state index contributed by atoms with van der Waals surface area (Å²) in [6.45, 7) is 2.02. The van der Waals surface area contributed by atoms with E-state index < -0.39 is 0 Å². The number of thiazole rings is 2. The maximum atomic E-state index is 13.7. The summed E-state index contributed by atoms with van der Waals surface area (Å²) in [4.78, 5) is 22.9. The smallest absolute Gasteiger partial charge is 0.309 e. The first-order valence-corrected chi connectivity index (χ1v) is 12.5. The molecule has 0 aliphatic heterocycles. The van der Waals surface area contributed by atoms with Crippen LogP contribution in [0.15, 0.2) is 59.7 Å². The van der Waals surface area contributed by atoms with E-state index in [1.807, 2.05) is 49.4 Å². The highest BCUT2D eigenvalue weighted by Gasteiger charge is 2.24. The van der Waals surface area contributed by atoms with Gasteiger partial charge in [-0.25, -0.2) is 9.97 Å². The third-order valence-corrected chi connectivity index (χ3v) is 7.41. The van der Waals surface area contributed by atoms with Crippen molar-refractivity contribution in [3.8, 4) is 17.2 Å². The summed E-state index contributed by atoms with van der Waals surface area (Å²) < 4.78 is 18.2. The van der Waals surface area contributed by atoms with Crippen LogP contribution >= 0.6 is 22.7 Å². The quantitative estimate of drug-likeness (QED) is 0.196.